The van der Waals surface area contributed by atoms with Gasteiger partial charge in [0.15, 0.2) is 0 Å². The lowest BCUT2D eigenvalue weighted by Gasteiger charge is -2.26. The highest BCUT2D eigenvalue weighted by molar-refractivity contribution is 6.32. The standard InChI is InChI=1S/C16H20ClNO3/c1-2-18(11-14-4-3-9-21-14)13-7-5-12(15(17)10-13)6-8-16(19)20/h5-8,10,14H,2-4,9,11H2,1H3,(H,19,20)/b8-6+. The zero-order chi connectivity index (χ0) is 15.2. The minimum Gasteiger partial charge on any atom is -0.478 e. The van der Waals surface area contributed by atoms with Crippen LogP contribution in [-0.2, 0) is 9.53 Å². The van der Waals surface area contributed by atoms with Crippen molar-refractivity contribution >= 4 is 29.3 Å². The quantitative estimate of drug-likeness (QED) is 0.818. The van der Waals surface area contributed by atoms with Crippen LogP contribution in [0.4, 0.5) is 5.69 Å². The van der Waals surface area contributed by atoms with E-state index in [4.69, 9.17) is 21.4 Å². The van der Waals surface area contributed by atoms with Gasteiger partial charge < -0.3 is 14.7 Å². The van der Waals surface area contributed by atoms with Gasteiger partial charge in [0.05, 0.1) is 6.10 Å². The SMILES string of the molecule is CCN(CC1CCCO1)c1ccc(/C=C/C(=O)O)c(Cl)c1. The van der Waals surface area contributed by atoms with Gasteiger partial charge in [-0.25, -0.2) is 4.79 Å². The van der Waals surface area contributed by atoms with Crippen molar-refractivity contribution in [3.05, 3.63) is 34.9 Å². The van der Waals surface area contributed by atoms with E-state index >= 15 is 0 Å². The maximum Gasteiger partial charge on any atom is 0.328 e. The molecule has 0 spiro atoms. The summed E-state index contributed by atoms with van der Waals surface area (Å²) in [6.45, 7) is 4.68. The van der Waals surface area contributed by atoms with Crippen molar-refractivity contribution in [2.24, 2.45) is 0 Å². The highest BCUT2D eigenvalue weighted by Gasteiger charge is 2.19. The summed E-state index contributed by atoms with van der Waals surface area (Å²) in [5, 5.41) is 9.21. The van der Waals surface area contributed by atoms with Gasteiger partial charge in [0.2, 0.25) is 0 Å². The van der Waals surface area contributed by atoms with E-state index in [1.165, 1.54) is 6.08 Å². The zero-order valence-electron chi connectivity index (χ0n) is 12.1. The summed E-state index contributed by atoms with van der Waals surface area (Å²) >= 11 is 6.23. The second-order valence-corrected chi connectivity index (χ2v) is 5.46. The molecule has 1 atom stereocenters. The molecule has 21 heavy (non-hydrogen) atoms. The lowest BCUT2D eigenvalue weighted by atomic mass is 10.1. The van der Waals surface area contributed by atoms with Crippen LogP contribution in [-0.4, -0.2) is 36.9 Å². The number of carboxylic acid groups (broad SMARTS) is 1. The van der Waals surface area contributed by atoms with E-state index in [2.05, 4.69) is 11.8 Å². The molecule has 0 amide bonds. The summed E-state index contributed by atoms with van der Waals surface area (Å²) in [6.07, 6.45) is 5.11. The normalized spacial score (nSPS) is 18.3. The molecule has 0 radical (unpaired) electrons. The summed E-state index contributed by atoms with van der Waals surface area (Å²) in [5.41, 5.74) is 1.74. The summed E-state index contributed by atoms with van der Waals surface area (Å²) in [4.78, 5) is 12.8. The van der Waals surface area contributed by atoms with Crippen LogP contribution in [0.2, 0.25) is 5.02 Å². The number of carbonyl (C=O) groups is 1. The molecule has 0 aliphatic carbocycles. The molecule has 1 N–H and O–H groups in total. The zero-order valence-corrected chi connectivity index (χ0v) is 12.8. The van der Waals surface area contributed by atoms with E-state index < -0.39 is 5.97 Å². The molecule has 1 unspecified atom stereocenters. The van der Waals surface area contributed by atoms with E-state index in [9.17, 15) is 4.79 Å². The number of halogens is 1. The Morgan fingerprint density at radius 2 is 2.38 bits per heavy atom. The van der Waals surface area contributed by atoms with Crippen LogP contribution in [0.3, 0.4) is 0 Å². The van der Waals surface area contributed by atoms with Crippen LogP contribution in [0.15, 0.2) is 24.3 Å². The largest absolute Gasteiger partial charge is 0.478 e. The third-order valence-electron chi connectivity index (χ3n) is 3.58. The predicted molar refractivity (Wildman–Crippen MR) is 85.0 cm³/mol. The van der Waals surface area contributed by atoms with Crippen molar-refractivity contribution in [3.8, 4) is 0 Å². The van der Waals surface area contributed by atoms with Crippen LogP contribution >= 0.6 is 11.6 Å². The van der Waals surface area contributed by atoms with E-state index in [0.717, 1.165) is 44.3 Å². The topological polar surface area (TPSA) is 49.8 Å². The van der Waals surface area contributed by atoms with Crippen LogP contribution < -0.4 is 4.90 Å². The second-order valence-electron chi connectivity index (χ2n) is 5.05. The van der Waals surface area contributed by atoms with Gasteiger partial charge in [0, 0.05) is 36.5 Å². The number of hydrogen-bond acceptors (Lipinski definition) is 3. The van der Waals surface area contributed by atoms with Crippen molar-refractivity contribution in [2.75, 3.05) is 24.6 Å². The summed E-state index contributed by atoms with van der Waals surface area (Å²) in [5.74, 6) is -0.983. The van der Waals surface area contributed by atoms with Gasteiger partial charge >= 0.3 is 5.97 Å². The molecule has 1 fully saturated rings. The maximum absolute atomic E-state index is 10.5. The Hall–Kier alpha value is -1.52. The van der Waals surface area contributed by atoms with Gasteiger partial charge in [-0.2, -0.15) is 0 Å². The van der Waals surface area contributed by atoms with Crippen molar-refractivity contribution < 1.29 is 14.6 Å². The first-order valence-corrected chi connectivity index (χ1v) is 7.55. The first-order valence-electron chi connectivity index (χ1n) is 7.17. The molecule has 1 aromatic rings. The first kappa shape index (κ1) is 15.9. The lowest BCUT2D eigenvalue weighted by Crippen LogP contribution is -2.31. The molecule has 1 aromatic carbocycles. The molecule has 2 rings (SSSR count). The highest BCUT2D eigenvalue weighted by Crippen LogP contribution is 2.26. The van der Waals surface area contributed by atoms with E-state index in [1.807, 2.05) is 18.2 Å². The fourth-order valence-electron chi connectivity index (χ4n) is 2.46. The van der Waals surface area contributed by atoms with Gasteiger partial charge in [0.1, 0.15) is 0 Å². The number of likely N-dealkylation sites (N-methyl/N-ethyl adjacent to an activating group) is 1. The molecular weight excluding hydrogens is 290 g/mol. The lowest BCUT2D eigenvalue weighted by molar-refractivity contribution is -0.131. The molecule has 1 saturated heterocycles. The van der Waals surface area contributed by atoms with Gasteiger partial charge in [-0.05, 0) is 43.5 Å². The Bertz CT molecular complexity index is 524. The number of benzene rings is 1. The number of rotatable bonds is 6. The first-order chi connectivity index (χ1) is 10.1. The Morgan fingerprint density at radius 1 is 1.57 bits per heavy atom. The van der Waals surface area contributed by atoms with E-state index in [1.54, 1.807) is 0 Å². The van der Waals surface area contributed by atoms with Crippen molar-refractivity contribution in [1.82, 2.24) is 0 Å². The average molecular weight is 310 g/mol. The van der Waals surface area contributed by atoms with Crippen LogP contribution in [0.25, 0.3) is 6.08 Å². The smallest absolute Gasteiger partial charge is 0.328 e. The highest BCUT2D eigenvalue weighted by atomic mass is 35.5. The summed E-state index contributed by atoms with van der Waals surface area (Å²) in [6, 6.07) is 5.68. The van der Waals surface area contributed by atoms with Crippen molar-refractivity contribution in [3.63, 3.8) is 0 Å². The molecule has 1 heterocycles. The third kappa shape index (κ3) is 4.48. The Kier molecular flexibility index (Phi) is 5.65. The van der Waals surface area contributed by atoms with Gasteiger partial charge in [0.25, 0.3) is 0 Å². The molecule has 0 saturated carbocycles. The van der Waals surface area contributed by atoms with Crippen molar-refractivity contribution in [2.45, 2.75) is 25.9 Å². The number of hydrogen-bond donors (Lipinski definition) is 1. The Balaban J connectivity index is 2.11. The van der Waals surface area contributed by atoms with E-state index in [0.29, 0.717) is 10.6 Å². The number of anilines is 1. The second kappa shape index (κ2) is 7.48. The third-order valence-corrected chi connectivity index (χ3v) is 3.91. The summed E-state index contributed by atoms with van der Waals surface area (Å²) < 4.78 is 5.67. The average Bonchev–Trinajstić information content (AvgIpc) is 2.96. The number of aliphatic carboxylic acids is 1. The van der Waals surface area contributed by atoms with Crippen LogP contribution in [0.1, 0.15) is 25.3 Å². The number of nitrogens with zero attached hydrogens (tertiary/aromatic N) is 1. The van der Waals surface area contributed by atoms with E-state index in [-0.39, 0.29) is 6.10 Å². The monoisotopic (exact) mass is 309 g/mol. The molecular formula is C16H20ClNO3. The number of carboxylic acids is 1. The van der Waals surface area contributed by atoms with Gasteiger partial charge in [-0.15, -0.1) is 0 Å². The van der Waals surface area contributed by atoms with Crippen LogP contribution in [0, 0.1) is 0 Å². The molecule has 0 bridgehead atoms. The van der Waals surface area contributed by atoms with Gasteiger partial charge in [-0.3, -0.25) is 0 Å². The molecule has 0 aromatic heterocycles. The van der Waals surface area contributed by atoms with Gasteiger partial charge in [-0.1, -0.05) is 17.7 Å². The summed E-state index contributed by atoms with van der Waals surface area (Å²) in [7, 11) is 0. The van der Waals surface area contributed by atoms with Crippen molar-refractivity contribution in [1.29, 1.82) is 0 Å². The van der Waals surface area contributed by atoms with Crippen LogP contribution in [0.5, 0.6) is 0 Å². The minimum atomic E-state index is -0.983. The molecule has 4 nitrogen and oxygen atoms in total. The molecule has 1 aliphatic rings. The predicted octanol–water partition coefficient (Wildman–Crippen LogP) is 3.44. The Morgan fingerprint density at radius 3 is 2.95 bits per heavy atom. The molecule has 114 valence electrons. The maximum atomic E-state index is 10.5. The molecule has 5 heteroatoms. The fourth-order valence-corrected chi connectivity index (χ4v) is 2.70. The molecule has 1 aliphatic heterocycles. The Labute approximate surface area is 130 Å². The number of ether oxygens (including phenoxy) is 1. The minimum absolute atomic E-state index is 0.287. The fraction of sp³-hybridized carbons (Fsp3) is 0.438.